The van der Waals surface area contributed by atoms with Gasteiger partial charge in [0.25, 0.3) is 0 Å². The summed E-state index contributed by atoms with van der Waals surface area (Å²) < 4.78 is 40.4. The van der Waals surface area contributed by atoms with Crippen LogP contribution in [0.15, 0.2) is 77.7 Å². The van der Waals surface area contributed by atoms with Crippen LogP contribution in [0.2, 0.25) is 0 Å². The molecule has 0 saturated heterocycles. The standard InChI is InChI=1S/C22H20O5S/c1-25-20-14-18(15-21(16-20)26-2)9-8-17-10-12-22(13-11-17)28(23,24)27-19-6-4-3-5-7-19/h3-16H,1-2H3/b9-8+. The van der Waals surface area contributed by atoms with Gasteiger partial charge < -0.3 is 13.7 Å². The average molecular weight is 396 g/mol. The Balaban J connectivity index is 1.76. The maximum Gasteiger partial charge on any atom is 0.339 e. The van der Waals surface area contributed by atoms with Crippen LogP contribution in [0.5, 0.6) is 17.2 Å². The molecule has 0 aromatic heterocycles. The van der Waals surface area contributed by atoms with Gasteiger partial charge in [-0.15, -0.1) is 0 Å². The van der Waals surface area contributed by atoms with Gasteiger partial charge in [-0.1, -0.05) is 42.5 Å². The maximum absolute atomic E-state index is 12.4. The number of methoxy groups -OCH3 is 2. The first-order chi connectivity index (χ1) is 13.5. The van der Waals surface area contributed by atoms with Crippen molar-refractivity contribution in [2.75, 3.05) is 14.2 Å². The molecular formula is C22H20O5S. The molecule has 0 radical (unpaired) electrons. The minimum Gasteiger partial charge on any atom is -0.497 e. The monoisotopic (exact) mass is 396 g/mol. The van der Waals surface area contributed by atoms with Crippen LogP contribution in [-0.2, 0) is 10.1 Å². The molecule has 3 rings (SSSR count). The summed E-state index contributed by atoms with van der Waals surface area (Å²) in [5, 5.41) is 0. The van der Waals surface area contributed by atoms with Crippen molar-refractivity contribution < 1.29 is 22.1 Å². The van der Waals surface area contributed by atoms with E-state index in [9.17, 15) is 8.42 Å². The van der Waals surface area contributed by atoms with Crippen LogP contribution in [0.25, 0.3) is 12.2 Å². The number of ether oxygens (including phenoxy) is 2. The summed E-state index contributed by atoms with van der Waals surface area (Å²) in [6, 6.07) is 20.4. The molecule has 0 amide bonds. The second-order valence-electron chi connectivity index (χ2n) is 5.90. The van der Waals surface area contributed by atoms with Gasteiger partial charge in [0.1, 0.15) is 22.1 Å². The van der Waals surface area contributed by atoms with Gasteiger partial charge in [0.05, 0.1) is 14.2 Å². The summed E-state index contributed by atoms with van der Waals surface area (Å²) in [6.45, 7) is 0. The van der Waals surface area contributed by atoms with E-state index < -0.39 is 10.1 Å². The Morgan fingerprint density at radius 2 is 1.25 bits per heavy atom. The molecular weight excluding hydrogens is 376 g/mol. The van der Waals surface area contributed by atoms with E-state index in [-0.39, 0.29) is 10.6 Å². The Labute approximate surface area is 164 Å². The van der Waals surface area contributed by atoms with E-state index in [2.05, 4.69) is 0 Å². The number of benzene rings is 3. The number of hydrogen-bond acceptors (Lipinski definition) is 5. The van der Waals surface area contributed by atoms with Gasteiger partial charge in [-0.05, 0) is 47.5 Å². The molecule has 0 aliphatic rings. The normalized spacial score (nSPS) is 11.4. The molecule has 3 aromatic carbocycles. The quantitative estimate of drug-likeness (QED) is 0.430. The van der Waals surface area contributed by atoms with E-state index in [1.165, 1.54) is 12.1 Å². The van der Waals surface area contributed by atoms with Crippen LogP contribution in [0.1, 0.15) is 11.1 Å². The molecule has 5 nitrogen and oxygen atoms in total. The van der Waals surface area contributed by atoms with E-state index in [4.69, 9.17) is 13.7 Å². The van der Waals surface area contributed by atoms with Gasteiger partial charge in [-0.2, -0.15) is 8.42 Å². The molecule has 0 fully saturated rings. The van der Waals surface area contributed by atoms with Gasteiger partial charge in [0, 0.05) is 6.07 Å². The van der Waals surface area contributed by atoms with Crippen LogP contribution in [0.3, 0.4) is 0 Å². The lowest BCUT2D eigenvalue weighted by molar-refractivity contribution is 0.394. The minimum atomic E-state index is -3.87. The van der Waals surface area contributed by atoms with Crippen molar-refractivity contribution >= 4 is 22.3 Å². The summed E-state index contributed by atoms with van der Waals surface area (Å²) in [6.07, 6.45) is 3.78. The maximum atomic E-state index is 12.4. The number of hydrogen-bond donors (Lipinski definition) is 0. The van der Waals surface area contributed by atoms with Crippen molar-refractivity contribution in [3.05, 3.63) is 83.9 Å². The van der Waals surface area contributed by atoms with Gasteiger partial charge >= 0.3 is 10.1 Å². The Kier molecular flexibility index (Phi) is 6.01. The predicted octanol–water partition coefficient (Wildman–Crippen LogP) is 4.64. The van der Waals surface area contributed by atoms with Gasteiger partial charge in [-0.3, -0.25) is 0 Å². The molecule has 0 aliphatic carbocycles. The average Bonchev–Trinajstić information content (AvgIpc) is 2.72. The summed E-state index contributed by atoms with van der Waals surface area (Å²) in [7, 11) is -0.680. The van der Waals surface area contributed by atoms with Crippen molar-refractivity contribution in [3.8, 4) is 17.2 Å². The van der Waals surface area contributed by atoms with E-state index in [1.54, 1.807) is 62.8 Å². The van der Waals surface area contributed by atoms with Crippen LogP contribution in [0, 0.1) is 0 Å². The number of rotatable bonds is 7. The fraction of sp³-hybridized carbons (Fsp3) is 0.0909. The zero-order valence-electron chi connectivity index (χ0n) is 15.5. The third-order valence-corrected chi connectivity index (χ3v) is 5.22. The molecule has 0 unspecified atom stereocenters. The molecule has 28 heavy (non-hydrogen) atoms. The van der Waals surface area contributed by atoms with Crippen molar-refractivity contribution in [1.82, 2.24) is 0 Å². The Bertz CT molecular complexity index is 1030. The molecule has 144 valence electrons. The molecule has 0 saturated carbocycles. The molecule has 0 N–H and O–H groups in total. The summed E-state index contributed by atoms with van der Waals surface area (Å²) in [4.78, 5) is 0.0940. The fourth-order valence-corrected chi connectivity index (χ4v) is 3.44. The van der Waals surface area contributed by atoms with Crippen molar-refractivity contribution in [3.63, 3.8) is 0 Å². The largest absolute Gasteiger partial charge is 0.497 e. The fourth-order valence-electron chi connectivity index (χ4n) is 2.51. The van der Waals surface area contributed by atoms with Crippen LogP contribution in [-0.4, -0.2) is 22.6 Å². The van der Waals surface area contributed by atoms with E-state index in [0.717, 1.165) is 11.1 Å². The van der Waals surface area contributed by atoms with E-state index >= 15 is 0 Å². The van der Waals surface area contributed by atoms with Crippen molar-refractivity contribution in [2.24, 2.45) is 0 Å². The lowest BCUT2D eigenvalue weighted by Crippen LogP contribution is -2.09. The highest BCUT2D eigenvalue weighted by atomic mass is 32.2. The Morgan fingerprint density at radius 3 is 1.82 bits per heavy atom. The number of para-hydroxylation sites is 1. The highest BCUT2D eigenvalue weighted by molar-refractivity contribution is 7.87. The van der Waals surface area contributed by atoms with Gasteiger partial charge in [0.15, 0.2) is 0 Å². The van der Waals surface area contributed by atoms with E-state index in [1.807, 2.05) is 24.3 Å². The van der Waals surface area contributed by atoms with Crippen molar-refractivity contribution in [1.29, 1.82) is 0 Å². The highest BCUT2D eigenvalue weighted by Gasteiger charge is 2.16. The zero-order valence-corrected chi connectivity index (χ0v) is 16.3. The molecule has 0 aliphatic heterocycles. The van der Waals surface area contributed by atoms with E-state index in [0.29, 0.717) is 11.5 Å². The third kappa shape index (κ3) is 4.92. The lowest BCUT2D eigenvalue weighted by Gasteiger charge is -2.07. The molecule has 0 bridgehead atoms. The predicted molar refractivity (Wildman–Crippen MR) is 109 cm³/mol. The third-order valence-electron chi connectivity index (χ3n) is 3.96. The topological polar surface area (TPSA) is 61.8 Å². The van der Waals surface area contributed by atoms with Crippen molar-refractivity contribution in [2.45, 2.75) is 4.90 Å². The summed E-state index contributed by atoms with van der Waals surface area (Å²) >= 11 is 0. The molecule has 0 atom stereocenters. The van der Waals surface area contributed by atoms with Crippen LogP contribution >= 0.6 is 0 Å². The first-order valence-corrected chi connectivity index (χ1v) is 9.92. The molecule has 6 heteroatoms. The SMILES string of the molecule is COc1cc(/C=C/c2ccc(S(=O)(=O)Oc3ccccc3)cc2)cc(OC)c1. The van der Waals surface area contributed by atoms with Crippen LogP contribution < -0.4 is 13.7 Å². The highest BCUT2D eigenvalue weighted by Crippen LogP contribution is 2.24. The molecule has 0 heterocycles. The van der Waals surface area contributed by atoms with Crippen LogP contribution in [0.4, 0.5) is 0 Å². The Morgan fingerprint density at radius 1 is 0.679 bits per heavy atom. The summed E-state index contributed by atoms with van der Waals surface area (Å²) in [5.41, 5.74) is 1.75. The first-order valence-electron chi connectivity index (χ1n) is 8.51. The second-order valence-corrected chi connectivity index (χ2v) is 7.45. The lowest BCUT2D eigenvalue weighted by atomic mass is 10.1. The molecule has 0 spiro atoms. The Hall–Kier alpha value is -3.25. The summed E-state index contributed by atoms with van der Waals surface area (Å²) in [5.74, 6) is 1.66. The smallest absolute Gasteiger partial charge is 0.339 e. The molecule has 3 aromatic rings. The zero-order chi connectivity index (χ0) is 20.0. The van der Waals surface area contributed by atoms with Gasteiger partial charge in [-0.25, -0.2) is 0 Å². The second kappa shape index (κ2) is 8.63. The first kappa shape index (κ1) is 19.5. The van der Waals surface area contributed by atoms with Gasteiger partial charge in [0.2, 0.25) is 0 Å². The minimum absolute atomic E-state index is 0.0940.